The summed E-state index contributed by atoms with van der Waals surface area (Å²) in [6.45, 7) is 0.350. The molecule has 1 saturated carbocycles. The molecular formula is C11H22N2O5S. The lowest BCUT2D eigenvalue weighted by Crippen LogP contribution is -2.57. The van der Waals surface area contributed by atoms with Gasteiger partial charge in [0.1, 0.15) is 5.54 Å². The summed E-state index contributed by atoms with van der Waals surface area (Å²) in [5.41, 5.74) is -1.38. The summed E-state index contributed by atoms with van der Waals surface area (Å²) >= 11 is 0. The van der Waals surface area contributed by atoms with E-state index in [1.54, 1.807) is 0 Å². The third-order valence-electron chi connectivity index (χ3n) is 3.29. The number of rotatable bonds is 7. The predicted molar refractivity (Wildman–Crippen MR) is 70.0 cm³/mol. The number of aliphatic carboxylic acids is 1. The molecule has 1 rings (SSSR count). The summed E-state index contributed by atoms with van der Waals surface area (Å²) in [6.07, 6.45) is 3.96. The van der Waals surface area contributed by atoms with E-state index in [0.29, 0.717) is 25.7 Å². The Morgan fingerprint density at radius 2 is 1.84 bits per heavy atom. The van der Waals surface area contributed by atoms with E-state index < -0.39 is 21.7 Å². The maximum atomic E-state index is 11.9. The van der Waals surface area contributed by atoms with E-state index in [1.807, 2.05) is 0 Å². The van der Waals surface area contributed by atoms with Crippen LogP contribution in [0.1, 0.15) is 38.5 Å². The molecule has 1 aliphatic carbocycles. The molecule has 0 bridgehead atoms. The molecule has 112 valence electrons. The van der Waals surface area contributed by atoms with Crippen LogP contribution in [-0.2, 0) is 19.7 Å². The van der Waals surface area contributed by atoms with E-state index in [-0.39, 0.29) is 13.2 Å². The van der Waals surface area contributed by atoms with Gasteiger partial charge in [-0.05, 0) is 12.8 Å². The maximum absolute atomic E-state index is 11.9. The average Bonchev–Trinajstić information content (AvgIpc) is 2.55. The van der Waals surface area contributed by atoms with E-state index >= 15 is 0 Å². The van der Waals surface area contributed by atoms with Crippen molar-refractivity contribution in [2.24, 2.45) is 0 Å². The SMILES string of the molecule is COCCNS(=O)(=O)NC1(C(=O)O)CCCCCC1. The largest absolute Gasteiger partial charge is 0.480 e. The normalized spacial score (nSPS) is 19.8. The monoisotopic (exact) mass is 294 g/mol. The Balaban J connectivity index is 2.74. The van der Waals surface area contributed by atoms with Crippen LogP contribution in [0.3, 0.4) is 0 Å². The number of carboxylic acids is 1. The number of hydrogen-bond donors (Lipinski definition) is 3. The van der Waals surface area contributed by atoms with E-state index in [4.69, 9.17) is 4.74 Å². The van der Waals surface area contributed by atoms with Crippen LogP contribution in [-0.4, -0.2) is 45.3 Å². The molecule has 0 aromatic heterocycles. The molecule has 8 heteroatoms. The number of methoxy groups -OCH3 is 1. The van der Waals surface area contributed by atoms with Crippen LogP contribution in [0.4, 0.5) is 0 Å². The molecule has 0 heterocycles. The predicted octanol–water partition coefficient (Wildman–Crippen LogP) is 0.234. The third kappa shape index (κ3) is 5.06. The molecule has 1 fully saturated rings. The van der Waals surface area contributed by atoms with E-state index in [9.17, 15) is 18.3 Å². The zero-order valence-electron chi connectivity index (χ0n) is 11.1. The van der Waals surface area contributed by atoms with Crippen LogP contribution in [0.15, 0.2) is 0 Å². The molecule has 0 unspecified atom stereocenters. The smallest absolute Gasteiger partial charge is 0.324 e. The van der Waals surface area contributed by atoms with Crippen LogP contribution in [0.5, 0.6) is 0 Å². The Hall–Kier alpha value is -0.700. The lowest BCUT2D eigenvalue weighted by Gasteiger charge is -2.28. The van der Waals surface area contributed by atoms with Gasteiger partial charge in [-0.25, -0.2) is 0 Å². The number of hydrogen-bond acceptors (Lipinski definition) is 4. The Morgan fingerprint density at radius 3 is 2.32 bits per heavy atom. The van der Waals surface area contributed by atoms with Crippen molar-refractivity contribution >= 4 is 16.2 Å². The van der Waals surface area contributed by atoms with Crippen molar-refractivity contribution < 1.29 is 23.1 Å². The molecule has 3 N–H and O–H groups in total. The topological polar surface area (TPSA) is 105 Å². The van der Waals surface area contributed by atoms with Crippen molar-refractivity contribution in [3.05, 3.63) is 0 Å². The van der Waals surface area contributed by atoms with Crippen LogP contribution in [0, 0.1) is 0 Å². The Bertz CT molecular complexity index is 388. The number of ether oxygens (including phenoxy) is 1. The van der Waals surface area contributed by atoms with Gasteiger partial charge in [0.05, 0.1) is 6.61 Å². The molecule has 19 heavy (non-hydrogen) atoms. The van der Waals surface area contributed by atoms with Gasteiger partial charge < -0.3 is 9.84 Å². The van der Waals surface area contributed by atoms with Crippen molar-refractivity contribution in [3.8, 4) is 0 Å². The van der Waals surface area contributed by atoms with Gasteiger partial charge in [-0.3, -0.25) is 4.79 Å². The van der Waals surface area contributed by atoms with Gasteiger partial charge in [0.15, 0.2) is 0 Å². The number of carboxylic acid groups (broad SMARTS) is 1. The first-order valence-corrected chi connectivity index (χ1v) is 7.91. The Morgan fingerprint density at radius 1 is 1.26 bits per heavy atom. The van der Waals surface area contributed by atoms with Crippen molar-refractivity contribution in [1.29, 1.82) is 0 Å². The molecular weight excluding hydrogens is 272 g/mol. The zero-order valence-corrected chi connectivity index (χ0v) is 12.0. The highest BCUT2D eigenvalue weighted by Gasteiger charge is 2.41. The quantitative estimate of drug-likeness (QED) is 0.460. The number of carbonyl (C=O) groups is 1. The first-order valence-electron chi connectivity index (χ1n) is 6.43. The molecule has 0 saturated heterocycles. The number of nitrogens with one attached hydrogen (secondary N) is 2. The molecule has 0 aromatic carbocycles. The van der Waals surface area contributed by atoms with Gasteiger partial charge in [0, 0.05) is 13.7 Å². The summed E-state index contributed by atoms with van der Waals surface area (Å²) in [5, 5.41) is 9.37. The molecule has 0 amide bonds. The molecule has 7 nitrogen and oxygen atoms in total. The highest BCUT2D eigenvalue weighted by atomic mass is 32.2. The molecule has 0 atom stereocenters. The molecule has 0 radical (unpaired) electrons. The molecule has 0 spiro atoms. The van der Waals surface area contributed by atoms with Gasteiger partial charge in [0.2, 0.25) is 0 Å². The molecule has 0 aromatic rings. The van der Waals surface area contributed by atoms with Gasteiger partial charge >= 0.3 is 5.97 Å². The van der Waals surface area contributed by atoms with Gasteiger partial charge in [-0.2, -0.15) is 17.9 Å². The fourth-order valence-electron chi connectivity index (χ4n) is 2.26. The minimum absolute atomic E-state index is 0.113. The van der Waals surface area contributed by atoms with Crippen molar-refractivity contribution in [1.82, 2.24) is 9.44 Å². The van der Waals surface area contributed by atoms with Gasteiger partial charge in [-0.1, -0.05) is 25.7 Å². The van der Waals surface area contributed by atoms with E-state index in [1.165, 1.54) is 7.11 Å². The van der Waals surface area contributed by atoms with Crippen molar-refractivity contribution in [2.75, 3.05) is 20.3 Å². The maximum Gasteiger partial charge on any atom is 0.324 e. The summed E-state index contributed by atoms with van der Waals surface area (Å²) in [7, 11) is -2.37. The van der Waals surface area contributed by atoms with E-state index in [0.717, 1.165) is 12.8 Å². The standard InChI is InChI=1S/C11H22N2O5S/c1-18-9-8-12-19(16,17)13-11(10(14)15)6-4-2-3-5-7-11/h12-13H,2-9H2,1H3,(H,14,15). The zero-order chi connectivity index (χ0) is 14.4. The van der Waals surface area contributed by atoms with Crippen LogP contribution >= 0.6 is 0 Å². The second-order valence-corrected chi connectivity index (χ2v) is 6.29. The minimum Gasteiger partial charge on any atom is -0.480 e. The van der Waals surface area contributed by atoms with Gasteiger partial charge in [0.25, 0.3) is 10.2 Å². The summed E-state index contributed by atoms with van der Waals surface area (Å²) in [5.74, 6) is -1.11. The summed E-state index contributed by atoms with van der Waals surface area (Å²) in [6, 6.07) is 0. The highest BCUT2D eigenvalue weighted by Crippen LogP contribution is 2.28. The van der Waals surface area contributed by atoms with Crippen LogP contribution < -0.4 is 9.44 Å². The lowest BCUT2D eigenvalue weighted by molar-refractivity contribution is -0.144. The Labute approximate surface area is 113 Å². The van der Waals surface area contributed by atoms with Crippen molar-refractivity contribution in [2.45, 2.75) is 44.1 Å². The minimum atomic E-state index is -3.83. The summed E-state index contributed by atoms with van der Waals surface area (Å²) < 4.78 is 33.1. The first kappa shape index (κ1) is 16.4. The fraction of sp³-hybridized carbons (Fsp3) is 0.909. The van der Waals surface area contributed by atoms with E-state index in [2.05, 4.69) is 9.44 Å². The molecule has 1 aliphatic rings. The molecule has 0 aliphatic heterocycles. The second kappa shape index (κ2) is 7.18. The lowest BCUT2D eigenvalue weighted by atomic mass is 9.92. The fourth-order valence-corrected chi connectivity index (χ4v) is 3.49. The van der Waals surface area contributed by atoms with Crippen molar-refractivity contribution in [3.63, 3.8) is 0 Å². The van der Waals surface area contributed by atoms with Gasteiger partial charge in [-0.15, -0.1) is 0 Å². The first-order chi connectivity index (χ1) is 8.92. The second-order valence-electron chi connectivity index (χ2n) is 4.79. The Kier molecular flexibility index (Phi) is 6.18. The average molecular weight is 294 g/mol. The summed E-state index contributed by atoms with van der Waals surface area (Å²) in [4.78, 5) is 11.5. The van der Waals surface area contributed by atoms with Crippen LogP contribution in [0.2, 0.25) is 0 Å². The van der Waals surface area contributed by atoms with Crippen LogP contribution in [0.25, 0.3) is 0 Å². The highest BCUT2D eigenvalue weighted by molar-refractivity contribution is 7.87. The third-order valence-corrected chi connectivity index (χ3v) is 4.54.